The molecule has 10 nitrogen and oxygen atoms in total. The van der Waals surface area contributed by atoms with Gasteiger partial charge >= 0.3 is 0 Å². The smallest absolute Gasteiger partial charge is 0.252 e. The number of aryl methyl sites for hydroxylation is 3. The number of nitrogens with zero attached hydrogens (tertiary/aromatic N) is 4. The molecule has 9 rings (SSSR count). The molecule has 0 aliphatic heterocycles. The van der Waals surface area contributed by atoms with Crippen LogP contribution in [-0.4, -0.2) is 85.2 Å². The number of amides is 2. The summed E-state index contributed by atoms with van der Waals surface area (Å²) in [7, 11) is 10.1. The van der Waals surface area contributed by atoms with E-state index < -0.39 is 11.1 Å². The predicted octanol–water partition coefficient (Wildman–Crippen LogP) is 9.13. The van der Waals surface area contributed by atoms with Crippen LogP contribution in [0.2, 0.25) is 0 Å². The van der Waals surface area contributed by atoms with E-state index in [1.165, 1.54) is 0 Å². The summed E-state index contributed by atoms with van der Waals surface area (Å²) in [5, 5.41) is 9.23. The summed E-state index contributed by atoms with van der Waals surface area (Å²) in [5.41, 5.74) is 9.76. The van der Waals surface area contributed by atoms with E-state index >= 15 is 0 Å². The van der Waals surface area contributed by atoms with Gasteiger partial charge in [-0.1, -0.05) is 54.6 Å². The van der Waals surface area contributed by atoms with Gasteiger partial charge in [-0.25, -0.2) is 0 Å². The Labute approximate surface area is 370 Å². The summed E-state index contributed by atoms with van der Waals surface area (Å²) in [6.07, 6.45) is 7.83. The predicted molar refractivity (Wildman–Crippen MR) is 252 cm³/mol. The molecule has 0 unspecified atom stereocenters. The second-order valence-corrected chi connectivity index (χ2v) is 18.2. The molecule has 10 heteroatoms. The number of carbonyl (C=O) groups excluding carboxylic acids is 2. The van der Waals surface area contributed by atoms with E-state index in [0.717, 1.165) is 99.6 Å². The average molecular weight is 843 g/mol. The van der Waals surface area contributed by atoms with Gasteiger partial charge < -0.3 is 39.0 Å². The number of hydrogen-bond donors (Lipinski definition) is 2. The highest BCUT2D eigenvalue weighted by atomic mass is 16.5. The number of fused-ring (bicyclic) bond motifs is 2. The molecular formula is C53H58N6O4. The summed E-state index contributed by atoms with van der Waals surface area (Å²) in [5.74, 6) is 1.20. The highest BCUT2D eigenvalue weighted by molar-refractivity contribution is 6.03. The minimum atomic E-state index is -0.533. The van der Waals surface area contributed by atoms with Crippen LogP contribution in [0.1, 0.15) is 68.7 Å². The Kier molecular flexibility index (Phi) is 11.1. The molecule has 2 aliphatic carbocycles. The maximum Gasteiger partial charge on any atom is 0.252 e. The first-order valence-corrected chi connectivity index (χ1v) is 22.1. The first-order chi connectivity index (χ1) is 30.3. The van der Waals surface area contributed by atoms with E-state index in [-0.39, 0.29) is 11.8 Å². The Balaban J connectivity index is 1.05. The van der Waals surface area contributed by atoms with Gasteiger partial charge in [-0.15, -0.1) is 0 Å². The van der Waals surface area contributed by atoms with Crippen molar-refractivity contribution in [2.24, 2.45) is 7.05 Å². The fraction of sp³-hybridized carbons (Fsp3) is 0.321. The number of hydrogen-bond acceptors (Lipinski definition) is 6. The molecule has 63 heavy (non-hydrogen) atoms. The van der Waals surface area contributed by atoms with Crippen molar-refractivity contribution in [3.05, 3.63) is 149 Å². The number of nitrogens with one attached hydrogen (secondary N) is 2. The van der Waals surface area contributed by atoms with E-state index in [9.17, 15) is 9.59 Å². The number of ether oxygens (including phenoxy) is 2. The highest BCUT2D eigenvalue weighted by Gasteiger charge is 2.49. The maximum absolute atomic E-state index is 14.3. The molecule has 0 spiro atoms. The lowest BCUT2D eigenvalue weighted by atomic mass is 9.93. The minimum absolute atomic E-state index is 0.0869. The van der Waals surface area contributed by atoms with Crippen molar-refractivity contribution < 1.29 is 19.1 Å². The van der Waals surface area contributed by atoms with Crippen LogP contribution in [0.25, 0.3) is 38.6 Å². The van der Waals surface area contributed by atoms with Crippen molar-refractivity contribution in [3.63, 3.8) is 0 Å². The molecule has 2 amide bonds. The summed E-state index contributed by atoms with van der Waals surface area (Å²) in [6, 6.07) is 35.2. The molecule has 2 heterocycles. The number of aromatic nitrogens is 2. The van der Waals surface area contributed by atoms with Gasteiger partial charge in [-0.05, 0) is 139 Å². The molecule has 0 radical (unpaired) electrons. The number of carbonyl (C=O) groups is 2. The Morgan fingerprint density at radius 1 is 0.635 bits per heavy atom. The zero-order valence-electron chi connectivity index (χ0n) is 37.5. The van der Waals surface area contributed by atoms with Gasteiger partial charge in [0.05, 0.1) is 16.6 Å². The monoisotopic (exact) mass is 842 g/mol. The average Bonchev–Trinajstić information content (AvgIpc) is 4.16. The molecule has 2 aliphatic rings. The topological polar surface area (TPSA) is 93.0 Å². The molecule has 2 fully saturated rings. The number of benzene rings is 5. The van der Waals surface area contributed by atoms with Crippen molar-refractivity contribution in [3.8, 4) is 28.3 Å². The van der Waals surface area contributed by atoms with Crippen molar-refractivity contribution in [1.82, 2.24) is 29.6 Å². The largest absolute Gasteiger partial charge is 0.492 e. The van der Waals surface area contributed by atoms with Crippen LogP contribution in [0.3, 0.4) is 0 Å². The lowest BCUT2D eigenvalue weighted by Crippen LogP contribution is -2.35. The molecule has 7 aromatic rings. The molecule has 0 saturated heterocycles. The van der Waals surface area contributed by atoms with E-state index in [1.54, 1.807) is 0 Å². The molecule has 2 saturated carbocycles. The molecular weight excluding hydrogens is 785 g/mol. The SMILES string of the molecule is Cc1ccc(OCCN(C)C)cc1C(=O)NC1(c2cn(C)c3cc(-c4cccc5c4c(C4(NC(=O)c6cc(OCCN(C)C)ccc6C)CC4)cn5-c4ccccc4)ccc23)CC1. The van der Waals surface area contributed by atoms with Gasteiger partial charge in [0.25, 0.3) is 11.8 Å². The van der Waals surface area contributed by atoms with Gasteiger partial charge in [0.15, 0.2) is 0 Å². The Bertz CT molecular complexity index is 2850. The van der Waals surface area contributed by atoms with Gasteiger partial charge in [-0.3, -0.25) is 9.59 Å². The maximum atomic E-state index is 14.3. The zero-order valence-corrected chi connectivity index (χ0v) is 37.5. The van der Waals surface area contributed by atoms with Crippen LogP contribution in [0.4, 0.5) is 0 Å². The Hall–Kier alpha value is -6.36. The first-order valence-electron chi connectivity index (χ1n) is 22.1. The van der Waals surface area contributed by atoms with Crippen LogP contribution in [0, 0.1) is 13.8 Å². The van der Waals surface area contributed by atoms with Crippen molar-refractivity contribution >= 4 is 33.6 Å². The second kappa shape index (κ2) is 16.7. The molecule has 2 N–H and O–H groups in total. The quantitative estimate of drug-likeness (QED) is 0.101. The van der Waals surface area contributed by atoms with E-state index in [4.69, 9.17) is 9.47 Å². The van der Waals surface area contributed by atoms with Crippen LogP contribution < -0.4 is 20.1 Å². The standard InChI is InChI=1S/C53H58N6O4/c1-35-16-19-39(62-28-26-56(3)4)31-43(35)50(60)54-52(22-23-52)45-33-58(7)48-30-37(18-21-42(45)48)41-14-11-15-47-49(41)46(34-59(47)38-12-9-8-10-13-38)53(24-25-53)55-51(61)44-32-40(20-17-36(44)2)63-29-27-57(5)6/h8-21,30-34H,22-29H2,1-7H3,(H,54,60)(H,55,61). The molecule has 2 aromatic heterocycles. The molecule has 324 valence electrons. The van der Waals surface area contributed by atoms with Crippen LogP contribution in [-0.2, 0) is 18.1 Å². The summed E-state index contributed by atoms with van der Waals surface area (Å²) in [6.45, 7) is 6.62. The van der Waals surface area contributed by atoms with Crippen LogP contribution >= 0.6 is 0 Å². The van der Waals surface area contributed by atoms with E-state index in [0.29, 0.717) is 35.8 Å². The third-order valence-electron chi connectivity index (χ3n) is 12.9. The minimum Gasteiger partial charge on any atom is -0.492 e. The summed E-state index contributed by atoms with van der Waals surface area (Å²) < 4.78 is 16.5. The molecule has 0 bridgehead atoms. The van der Waals surface area contributed by atoms with Gasteiger partial charge in [0.2, 0.25) is 0 Å². The van der Waals surface area contributed by atoms with Crippen molar-refractivity contribution in [1.29, 1.82) is 0 Å². The second-order valence-electron chi connectivity index (χ2n) is 18.2. The third kappa shape index (κ3) is 8.33. The lowest BCUT2D eigenvalue weighted by molar-refractivity contribution is 0.0921. The van der Waals surface area contributed by atoms with Gasteiger partial charge in [0.1, 0.15) is 24.7 Å². The highest BCUT2D eigenvalue weighted by Crippen LogP contribution is 2.52. The van der Waals surface area contributed by atoms with E-state index in [2.05, 4.69) is 110 Å². The number of rotatable bonds is 16. The lowest BCUT2D eigenvalue weighted by Gasteiger charge is -2.20. The van der Waals surface area contributed by atoms with Crippen LogP contribution in [0.5, 0.6) is 11.5 Å². The fourth-order valence-corrected chi connectivity index (χ4v) is 8.93. The molecule has 0 atom stereocenters. The summed E-state index contributed by atoms with van der Waals surface area (Å²) in [4.78, 5) is 32.4. The summed E-state index contributed by atoms with van der Waals surface area (Å²) >= 11 is 0. The van der Waals surface area contributed by atoms with Crippen LogP contribution in [0.15, 0.2) is 116 Å². The number of para-hydroxylation sites is 1. The van der Waals surface area contributed by atoms with Crippen molar-refractivity contribution in [2.75, 3.05) is 54.5 Å². The zero-order chi connectivity index (χ0) is 44.0. The molecule has 5 aromatic carbocycles. The third-order valence-corrected chi connectivity index (χ3v) is 12.9. The first kappa shape index (κ1) is 42.0. The van der Waals surface area contributed by atoms with E-state index in [1.807, 2.05) is 84.5 Å². The van der Waals surface area contributed by atoms with Gasteiger partial charge in [0, 0.05) is 76.8 Å². The normalized spacial score (nSPS) is 14.9. The van der Waals surface area contributed by atoms with Crippen molar-refractivity contribution in [2.45, 2.75) is 50.6 Å². The fourth-order valence-electron chi connectivity index (χ4n) is 8.93. The Morgan fingerprint density at radius 3 is 1.76 bits per heavy atom. The Morgan fingerprint density at radius 2 is 1.21 bits per heavy atom. The van der Waals surface area contributed by atoms with Gasteiger partial charge in [-0.2, -0.15) is 0 Å². The number of likely N-dealkylation sites (N-methyl/N-ethyl adjacent to an activating group) is 2.